The fourth-order valence-corrected chi connectivity index (χ4v) is 1.85. The normalized spacial score (nSPS) is 21.8. The molecule has 0 saturated heterocycles. The number of hydrogen-bond donors (Lipinski definition) is 0. The molecule has 0 atom stereocenters. The fraction of sp³-hybridized carbons (Fsp3) is 0.818. The Morgan fingerprint density at radius 1 is 1.33 bits per heavy atom. The SMILES string of the molecule is C=C(C)OCC1(C)CCCCC1. The van der Waals surface area contributed by atoms with Crippen LogP contribution in [0.1, 0.15) is 46.0 Å². The molecule has 0 heterocycles. The van der Waals surface area contributed by atoms with Gasteiger partial charge in [0, 0.05) is 5.41 Å². The summed E-state index contributed by atoms with van der Waals surface area (Å²) >= 11 is 0. The van der Waals surface area contributed by atoms with Gasteiger partial charge in [0.1, 0.15) is 0 Å². The molecule has 1 saturated carbocycles. The van der Waals surface area contributed by atoms with Gasteiger partial charge in [-0.25, -0.2) is 0 Å². The van der Waals surface area contributed by atoms with Gasteiger partial charge >= 0.3 is 0 Å². The van der Waals surface area contributed by atoms with Gasteiger partial charge in [-0.1, -0.05) is 32.8 Å². The molecule has 1 rings (SSSR count). The standard InChI is InChI=1S/C11H20O/c1-10(2)12-9-11(3)7-5-4-6-8-11/h1,4-9H2,2-3H3. The first-order chi connectivity index (χ1) is 5.62. The Hall–Kier alpha value is -0.460. The molecule has 1 fully saturated rings. The summed E-state index contributed by atoms with van der Waals surface area (Å²) in [6.45, 7) is 8.86. The summed E-state index contributed by atoms with van der Waals surface area (Å²) in [6.07, 6.45) is 6.79. The molecule has 0 aliphatic heterocycles. The van der Waals surface area contributed by atoms with Crippen molar-refractivity contribution in [2.45, 2.75) is 46.0 Å². The molecule has 12 heavy (non-hydrogen) atoms. The van der Waals surface area contributed by atoms with Gasteiger partial charge in [0.2, 0.25) is 0 Å². The van der Waals surface area contributed by atoms with Crippen LogP contribution in [0, 0.1) is 5.41 Å². The van der Waals surface area contributed by atoms with Gasteiger partial charge in [0.25, 0.3) is 0 Å². The summed E-state index contributed by atoms with van der Waals surface area (Å²) < 4.78 is 5.49. The first kappa shape index (κ1) is 9.63. The molecule has 1 heteroatoms. The first-order valence-electron chi connectivity index (χ1n) is 4.91. The van der Waals surface area contributed by atoms with E-state index >= 15 is 0 Å². The molecule has 0 spiro atoms. The van der Waals surface area contributed by atoms with E-state index in [0.717, 1.165) is 12.4 Å². The highest BCUT2D eigenvalue weighted by atomic mass is 16.5. The molecule has 0 aromatic heterocycles. The Labute approximate surface area is 75.8 Å². The van der Waals surface area contributed by atoms with E-state index in [1.807, 2.05) is 6.92 Å². The van der Waals surface area contributed by atoms with E-state index in [2.05, 4.69) is 13.5 Å². The first-order valence-corrected chi connectivity index (χ1v) is 4.91. The van der Waals surface area contributed by atoms with Crippen molar-refractivity contribution >= 4 is 0 Å². The zero-order chi connectivity index (χ0) is 9.03. The maximum atomic E-state index is 5.49. The second-order valence-electron chi connectivity index (χ2n) is 4.36. The van der Waals surface area contributed by atoms with Gasteiger partial charge in [-0.15, -0.1) is 0 Å². The van der Waals surface area contributed by atoms with Crippen LogP contribution >= 0.6 is 0 Å². The van der Waals surface area contributed by atoms with Crippen molar-refractivity contribution in [2.75, 3.05) is 6.61 Å². The average molecular weight is 168 g/mol. The maximum Gasteiger partial charge on any atom is 0.0930 e. The van der Waals surface area contributed by atoms with Crippen LogP contribution in [0.15, 0.2) is 12.3 Å². The van der Waals surface area contributed by atoms with Crippen LogP contribution in [0.2, 0.25) is 0 Å². The molecular formula is C11H20O. The van der Waals surface area contributed by atoms with E-state index in [1.54, 1.807) is 0 Å². The van der Waals surface area contributed by atoms with Gasteiger partial charge in [-0.3, -0.25) is 0 Å². The zero-order valence-electron chi connectivity index (χ0n) is 8.36. The van der Waals surface area contributed by atoms with Crippen LogP contribution in [-0.2, 0) is 4.74 Å². The number of hydrogen-bond acceptors (Lipinski definition) is 1. The van der Waals surface area contributed by atoms with Gasteiger partial charge in [-0.05, 0) is 19.8 Å². The second-order valence-corrected chi connectivity index (χ2v) is 4.36. The predicted molar refractivity (Wildman–Crippen MR) is 52.0 cm³/mol. The Balaban J connectivity index is 2.31. The second kappa shape index (κ2) is 3.97. The molecule has 0 aromatic carbocycles. The lowest BCUT2D eigenvalue weighted by Crippen LogP contribution is -2.25. The summed E-state index contributed by atoms with van der Waals surface area (Å²) in [5, 5.41) is 0. The number of allylic oxidation sites excluding steroid dienone is 1. The van der Waals surface area contributed by atoms with Gasteiger partial charge in [0.15, 0.2) is 0 Å². The van der Waals surface area contributed by atoms with Crippen LogP contribution in [0.5, 0.6) is 0 Å². The van der Waals surface area contributed by atoms with Crippen molar-refractivity contribution in [1.82, 2.24) is 0 Å². The maximum absolute atomic E-state index is 5.49. The smallest absolute Gasteiger partial charge is 0.0930 e. The van der Waals surface area contributed by atoms with E-state index < -0.39 is 0 Å². The van der Waals surface area contributed by atoms with E-state index in [1.165, 1.54) is 32.1 Å². The highest BCUT2D eigenvalue weighted by Crippen LogP contribution is 2.36. The number of rotatable bonds is 3. The van der Waals surface area contributed by atoms with E-state index in [-0.39, 0.29) is 0 Å². The van der Waals surface area contributed by atoms with Gasteiger partial charge < -0.3 is 4.74 Å². The van der Waals surface area contributed by atoms with Crippen LogP contribution < -0.4 is 0 Å². The molecule has 0 unspecified atom stereocenters. The molecular weight excluding hydrogens is 148 g/mol. The third-order valence-electron chi connectivity index (χ3n) is 2.73. The quantitative estimate of drug-likeness (QED) is 0.586. The molecule has 1 aliphatic carbocycles. The Morgan fingerprint density at radius 3 is 2.42 bits per heavy atom. The minimum Gasteiger partial charge on any atom is -0.498 e. The van der Waals surface area contributed by atoms with Crippen LogP contribution in [0.25, 0.3) is 0 Å². The molecule has 70 valence electrons. The summed E-state index contributed by atoms with van der Waals surface area (Å²) in [7, 11) is 0. The Morgan fingerprint density at radius 2 is 1.92 bits per heavy atom. The molecule has 0 bridgehead atoms. The van der Waals surface area contributed by atoms with Gasteiger partial charge in [-0.2, -0.15) is 0 Å². The van der Waals surface area contributed by atoms with Crippen molar-refractivity contribution < 1.29 is 4.74 Å². The average Bonchev–Trinajstić information content (AvgIpc) is 2.03. The number of ether oxygens (including phenoxy) is 1. The minimum absolute atomic E-state index is 0.428. The molecule has 1 aliphatic rings. The highest BCUT2D eigenvalue weighted by molar-refractivity contribution is 4.81. The lowest BCUT2D eigenvalue weighted by atomic mass is 9.76. The summed E-state index contributed by atoms with van der Waals surface area (Å²) in [5.74, 6) is 0.849. The summed E-state index contributed by atoms with van der Waals surface area (Å²) in [6, 6.07) is 0. The lowest BCUT2D eigenvalue weighted by molar-refractivity contribution is 0.0723. The lowest BCUT2D eigenvalue weighted by Gasteiger charge is -2.33. The van der Waals surface area contributed by atoms with Crippen LogP contribution in [0.3, 0.4) is 0 Å². The largest absolute Gasteiger partial charge is 0.498 e. The van der Waals surface area contributed by atoms with E-state index in [0.29, 0.717) is 5.41 Å². The summed E-state index contributed by atoms with van der Waals surface area (Å²) in [4.78, 5) is 0. The third-order valence-corrected chi connectivity index (χ3v) is 2.73. The highest BCUT2D eigenvalue weighted by Gasteiger charge is 2.27. The topological polar surface area (TPSA) is 9.23 Å². The van der Waals surface area contributed by atoms with Crippen molar-refractivity contribution in [3.8, 4) is 0 Å². The molecule has 0 aromatic rings. The summed E-state index contributed by atoms with van der Waals surface area (Å²) in [5.41, 5.74) is 0.428. The third kappa shape index (κ3) is 2.88. The molecule has 0 amide bonds. The van der Waals surface area contributed by atoms with Crippen molar-refractivity contribution in [1.29, 1.82) is 0 Å². The Bertz CT molecular complexity index is 154. The van der Waals surface area contributed by atoms with E-state index in [9.17, 15) is 0 Å². The van der Waals surface area contributed by atoms with Crippen LogP contribution in [-0.4, -0.2) is 6.61 Å². The van der Waals surface area contributed by atoms with Crippen LogP contribution in [0.4, 0.5) is 0 Å². The molecule has 0 radical (unpaired) electrons. The van der Waals surface area contributed by atoms with E-state index in [4.69, 9.17) is 4.74 Å². The predicted octanol–water partition coefficient (Wildman–Crippen LogP) is 3.51. The molecule has 1 nitrogen and oxygen atoms in total. The Kier molecular flexibility index (Phi) is 3.19. The monoisotopic (exact) mass is 168 g/mol. The van der Waals surface area contributed by atoms with Crippen molar-refractivity contribution in [3.63, 3.8) is 0 Å². The molecule has 0 N–H and O–H groups in total. The fourth-order valence-electron chi connectivity index (χ4n) is 1.85. The minimum atomic E-state index is 0.428. The van der Waals surface area contributed by atoms with Crippen molar-refractivity contribution in [3.05, 3.63) is 12.3 Å². The van der Waals surface area contributed by atoms with Crippen molar-refractivity contribution in [2.24, 2.45) is 5.41 Å². The zero-order valence-corrected chi connectivity index (χ0v) is 8.36. The van der Waals surface area contributed by atoms with Gasteiger partial charge in [0.05, 0.1) is 12.4 Å².